The number of carbonyl (C=O) groups is 3. The van der Waals surface area contributed by atoms with Crippen molar-refractivity contribution in [3.8, 4) is 0 Å². The number of carbonyl (C=O) groups excluding carboxylic acids is 3. The van der Waals surface area contributed by atoms with Gasteiger partial charge in [-0.15, -0.1) is 13.2 Å². The van der Waals surface area contributed by atoms with Crippen LogP contribution in [0.4, 0.5) is 0 Å². The molecule has 0 aliphatic heterocycles. The van der Waals surface area contributed by atoms with Crippen LogP contribution in [0, 0.1) is 17.3 Å². The molecule has 3 N–H and O–H groups in total. The van der Waals surface area contributed by atoms with E-state index in [0.717, 1.165) is 11.1 Å². The fourth-order valence-electron chi connectivity index (χ4n) is 4.50. The standard InChI is InChI=1S/C34H46N2O5/c1-6-14-27(22-31(38)35-29(23-37)21-26-18-12-9-13-19-26)32(39)36-30(34(3,4)5)24-41-33(40)28(15-7-2)20-25-16-10-8-11-17-25/h6-13,16-19,27-30,37H,1-2,14-15,20-24H2,3-5H3,(H,35,38)(H,36,39). The van der Waals surface area contributed by atoms with E-state index in [9.17, 15) is 19.5 Å². The SMILES string of the molecule is C=CCC(CC(=O)NC(CO)Cc1ccccc1)C(=O)NC(COC(=O)C(CC=C)Cc1ccccc1)C(C)(C)C. The molecule has 2 aromatic carbocycles. The molecule has 7 heteroatoms. The molecule has 4 atom stereocenters. The smallest absolute Gasteiger partial charge is 0.309 e. The average molecular weight is 563 g/mol. The number of aliphatic hydroxyl groups is 1. The Balaban J connectivity index is 2.01. The van der Waals surface area contributed by atoms with Crippen LogP contribution < -0.4 is 10.6 Å². The van der Waals surface area contributed by atoms with E-state index in [1.165, 1.54) is 0 Å². The third kappa shape index (κ3) is 12.1. The molecule has 222 valence electrons. The molecule has 41 heavy (non-hydrogen) atoms. The van der Waals surface area contributed by atoms with Gasteiger partial charge in [-0.2, -0.15) is 0 Å². The molecule has 0 aliphatic carbocycles. The molecule has 0 bridgehead atoms. The second kappa shape index (κ2) is 17.2. The van der Waals surface area contributed by atoms with Gasteiger partial charge in [0.15, 0.2) is 0 Å². The number of aliphatic hydroxyl groups excluding tert-OH is 1. The van der Waals surface area contributed by atoms with Gasteiger partial charge in [-0.25, -0.2) is 0 Å². The second-order valence-corrected chi connectivity index (χ2v) is 11.5. The third-order valence-corrected chi connectivity index (χ3v) is 7.03. The van der Waals surface area contributed by atoms with Crippen LogP contribution in [0.2, 0.25) is 0 Å². The van der Waals surface area contributed by atoms with E-state index in [4.69, 9.17) is 4.74 Å². The summed E-state index contributed by atoms with van der Waals surface area (Å²) in [4.78, 5) is 39.2. The molecular formula is C34H46N2O5. The van der Waals surface area contributed by atoms with Crippen molar-refractivity contribution in [2.24, 2.45) is 17.3 Å². The number of benzene rings is 2. The third-order valence-electron chi connectivity index (χ3n) is 7.03. The molecule has 0 radical (unpaired) electrons. The Labute approximate surface area is 245 Å². The molecule has 0 fully saturated rings. The predicted octanol–water partition coefficient (Wildman–Crippen LogP) is 4.80. The Morgan fingerprint density at radius 1 is 0.854 bits per heavy atom. The first-order chi connectivity index (χ1) is 19.6. The minimum absolute atomic E-state index is 0.00712. The van der Waals surface area contributed by atoms with Crippen molar-refractivity contribution in [3.63, 3.8) is 0 Å². The Kier molecular flexibility index (Phi) is 14.0. The van der Waals surface area contributed by atoms with Gasteiger partial charge >= 0.3 is 5.97 Å². The lowest BCUT2D eigenvalue weighted by molar-refractivity contribution is -0.150. The summed E-state index contributed by atoms with van der Waals surface area (Å²) >= 11 is 0. The number of hydrogen-bond donors (Lipinski definition) is 3. The molecule has 0 saturated carbocycles. The van der Waals surface area contributed by atoms with Crippen LogP contribution in [-0.4, -0.2) is 48.2 Å². The van der Waals surface area contributed by atoms with Gasteiger partial charge in [-0.3, -0.25) is 14.4 Å². The molecule has 4 unspecified atom stereocenters. The molecule has 2 aromatic rings. The van der Waals surface area contributed by atoms with E-state index in [0.29, 0.717) is 25.7 Å². The maximum Gasteiger partial charge on any atom is 0.309 e. The van der Waals surface area contributed by atoms with E-state index in [1.54, 1.807) is 12.2 Å². The fourth-order valence-corrected chi connectivity index (χ4v) is 4.50. The van der Waals surface area contributed by atoms with Crippen LogP contribution in [-0.2, 0) is 32.0 Å². The van der Waals surface area contributed by atoms with Crippen molar-refractivity contribution < 1.29 is 24.2 Å². The highest BCUT2D eigenvalue weighted by Crippen LogP contribution is 2.23. The van der Waals surface area contributed by atoms with Crippen LogP contribution in [0.5, 0.6) is 0 Å². The van der Waals surface area contributed by atoms with Gasteiger partial charge in [0.1, 0.15) is 6.61 Å². The molecule has 0 aromatic heterocycles. The Morgan fingerprint density at radius 3 is 1.90 bits per heavy atom. The van der Waals surface area contributed by atoms with Gasteiger partial charge in [0.05, 0.1) is 30.5 Å². The van der Waals surface area contributed by atoms with Crippen molar-refractivity contribution in [1.29, 1.82) is 0 Å². The van der Waals surface area contributed by atoms with Crippen molar-refractivity contribution in [2.45, 2.75) is 65.0 Å². The van der Waals surface area contributed by atoms with Gasteiger partial charge in [-0.1, -0.05) is 93.6 Å². The van der Waals surface area contributed by atoms with Crippen LogP contribution in [0.15, 0.2) is 86.0 Å². The summed E-state index contributed by atoms with van der Waals surface area (Å²) in [6, 6.07) is 18.4. The second-order valence-electron chi connectivity index (χ2n) is 11.5. The lowest BCUT2D eigenvalue weighted by atomic mass is 9.86. The summed E-state index contributed by atoms with van der Waals surface area (Å²) in [5, 5.41) is 15.7. The van der Waals surface area contributed by atoms with Crippen LogP contribution in [0.3, 0.4) is 0 Å². The van der Waals surface area contributed by atoms with Crippen molar-refractivity contribution in [1.82, 2.24) is 10.6 Å². The lowest BCUT2D eigenvalue weighted by Gasteiger charge is -2.32. The van der Waals surface area contributed by atoms with Crippen molar-refractivity contribution in [2.75, 3.05) is 13.2 Å². The fraction of sp³-hybridized carbons (Fsp3) is 0.441. The molecule has 2 rings (SSSR count). The largest absolute Gasteiger partial charge is 0.463 e. The number of nitrogens with one attached hydrogen (secondary N) is 2. The van der Waals surface area contributed by atoms with Gasteiger partial charge in [0.25, 0.3) is 0 Å². The molecule has 0 saturated heterocycles. The minimum atomic E-state index is -0.657. The highest BCUT2D eigenvalue weighted by atomic mass is 16.5. The summed E-state index contributed by atoms with van der Waals surface area (Å²) in [6.45, 7) is 13.2. The number of amides is 2. The van der Waals surface area contributed by atoms with Gasteiger partial charge in [0.2, 0.25) is 11.8 Å². The molecular weight excluding hydrogens is 516 g/mol. The predicted molar refractivity (Wildman–Crippen MR) is 163 cm³/mol. The van der Waals surface area contributed by atoms with Crippen LogP contribution >= 0.6 is 0 Å². The number of rotatable bonds is 17. The van der Waals surface area contributed by atoms with E-state index < -0.39 is 23.4 Å². The number of allylic oxidation sites excluding steroid dienone is 2. The highest BCUT2D eigenvalue weighted by molar-refractivity contribution is 5.86. The molecule has 7 nitrogen and oxygen atoms in total. The Bertz CT molecular complexity index is 1110. The maximum absolute atomic E-state index is 13.4. The van der Waals surface area contributed by atoms with Gasteiger partial charge < -0.3 is 20.5 Å². The number of esters is 1. The zero-order chi connectivity index (χ0) is 30.3. The first-order valence-corrected chi connectivity index (χ1v) is 14.2. The molecule has 0 aliphatic rings. The molecule has 0 heterocycles. The van der Waals surface area contributed by atoms with E-state index in [2.05, 4.69) is 23.8 Å². The summed E-state index contributed by atoms with van der Waals surface area (Å²) in [7, 11) is 0. The van der Waals surface area contributed by atoms with Gasteiger partial charge in [0, 0.05) is 6.42 Å². The minimum Gasteiger partial charge on any atom is -0.463 e. The van der Waals surface area contributed by atoms with Crippen LogP contribution in [0.1, 0.15) is 51.2 Å². The van der Waals surface area contributed by atoms with Crippen LogP contribution in [0.25, 0.3) is 0 Å². The van der Waals surface area contributed by atoms with E-state index >= 15 is 0 Å². The lowest BCUT2D eigenvalue weighted by Crippen LogP contribution is -2.50. The summed E-state index contributed by atoms with van der Waals surface area (Å²) in [5.41, 5.74) is 1.62. The van der Waals surface area contributed by atoms with Gasteiger partial charge in [-0.05, 0) is 42.2 Å². The van der Waals surface area contributed by atoms with E-state index in [1.807, 2.05) is 81.4 Å². The Hall–Kier alpha value is -3.71. The monoisotopic (exact) mass is 562 g/mol. The summed E-state index contributed by atoms with van der Waals surface area (Å²) in [5.74, 6) is -2.01. The molecule has 2 amide bonds. The summed E-state index contributed by atoms with van der Waals surface area (Å²) in [6.07, 6.45) is 5.07. The molecule has 0 spiro atoms. The quantitative estimate of drug-likeness (QED) is 0.190. The first-order valence-electron chi connectivity index (χ1n) is 14.2. The van der Waals surface area contributed by atoms with Crippen molar-refractivity contribution >= 4 is 17.8 Å². The zero-order valence-electron chi connectivity index (χ0n) is 24.7. The van der Waals surface area contributed by atoms with E-state index in [-0.39, 0.29) is 43.3 Å². The maximum atomic E-state index is 13.4. The van der Waals surface area contributed by atoms with Crippen molar-refractivity contribution in [3.05, 3.63) is 97.1 Å². The average Bonchev–Trinajstić information content (AvgIpc) is 2.94. The zero-order valence-corrected chi connectivity index (χ0v) is 24.7. The summed E-state index contributed by atoms with van der Waals surface area (Å²) < 4.78 is 5.73. The number of hydrogen-bond acceptors (Lipinski definition) is 5. The first kappa shape index (κ1) is 33.5. The topological polar surface area (TPSA) is 105 Å². The highest BCUT2D eigenvalue weighted by Gasteiger charge is 2.32. The number of ether oxygens (including phenoxy) is 1. The Morgan fingerprint density at radius 2 is 1.39 bits per heavy atom. The normalized spacial score (nSPS) is 14.1.